The van der Waals surface area contributed by atoms with Gasteiger partial charge in [0.25, 0.3) is 0 Å². The van der Waals surface area contributed by atoms with Gasteiger partial charge < -0.3 is 10.1 Å². The van der Waals surface area contributed by atoms with E-state index in [9.17, 15) is 4.79 Å². The first-order chi connectivity index (χ1) is 8.54. The zero-order valence-electron chi connectivity index (χ0n) is 11.1. The van der Waals surface area contributed by atoms with Crippen molar-refractivity contribution in [3.63, 3.8) is 0 Å². The molecule has 1 aromatic rings. The standard InChI is InChI=1S/C14H20N2O2/c1-4-15-12(17)9-16-13-10-7-5-6-8-11(10)18-14(13,2)3/h5-8,13,16H,4,9H2,1-3H3,(H,15,17). The minimum absolute atomic E-state index is 0.0117. The topological polar surface area (TPSA) is 50.4 Å². The van der Waals surface area contributed by atoms with E-state index >= 15 is 0 Å². The molecule has 1 amide bonds. The Kier molecular flexibility index (Phi) is 3.57. The molecule has 0 bridgehead atoms. The van der Waals surface area contributed by atoms with Crippen molar-refractivity contribution in [2.75, 3.05) is 13.1 Å². The zero-order chi connectivity index (χ0) is 13.2. The van der Waals surface area contributed by atoms with Crippen LogP contribution in [0.1, 0.15) is 32.4 Å². The summed E-state index contributed by atoms with van der Waals surface area (Å²) in [6, 6.07) is 7.99. The van der Waals surface area contributed by atoms with Crippen LogP contribution >= 0.6 is 0 Å². The highest BCUT2D eigenvalue weighted by atomic mass is 16.5. The highest BCUT2D eigenvalue weighted by Gasteiger charge is 2.40. The molecule has 0 aromatic heterocycles. The first kappa shape index (κ1) is 12.9. The third-order valence-electron chi connectivity index (χ3n) is 3.14. The molecular formula is C14H20N2O2. The fourth-order valence-corrected chi connectivity index (χ4v) is 2.34. The maximum absolute atomic E-state index is 11.5. The molecule has 98 valence electrons. The van der Waals surface area contributed by atoms with E-state index in [0.717, 1.165) is 11.3 Å². The number of likely N-dealkylation sites (N-methyl/N-ethyl adjacent to an activating group) is 1. The highest BCUT2D eigenvalue weighted by Crippen LogP contribution is 2.42. The lowest BCUT2D eigenvalue weighted by Crippen LogP contribution is -2.43. The van der Waals surface area contributed by atoms with Gasteiger partial charge in [-0.1, -0.05) is 18.2 Å². The van der Waals surface area contributed by atoms with E-state index in [1.54, 1.807) is 0 Å². The van der Waals surface area contributed by atoms with Crippen LogP contribution in [0.5, 0.6) is 5.75 Å². The third kappa shape index (κ3) is 2.48. The molecule has 1 heterocycles. The third-order valence-corrected chi connectivity index (χ3v) is 3.14. The van der Waals surface area contributed by atoms with E-state index < -0.39 is 0 Å². The number of fused-ring (bicyclic) bond motifs is 1. The van der Waals surface area contributed by atoms with E-state index in [0.29, 0.717) is 13.1 Å². The molecule has 0 radical (unpaired) electrons. The van der Waals surface area contributed by atoms with Gasteiger partial charge in [0.1, 0.15) is 11.4 Å². The van der Waals surface area contributed by atoms with Gasteiger partial charge in [-0.05, 0) is 26.8 Å². The van der Waals surface area contributed by atoms with Crippen LogP contribution < -0.4 is 15.4 Å². The predicted molar refractivity (Wildman–Crippen MR) is 70.6 cm³/mol. The van der Waals surface area contributed by atoms with Gasteiger partial charge in [-0.3, -0.25) is 10.1 Å². The molecule has 0 fully saturated rings. The SMILES string of the molecule is CCNC(=O)CNC1c2ccccc2OC1(C)C. The molecular weight excluding hydrogens is 228 g/mol. The van der Waals surface area contributed by atoms with Gasteiger partial charge in [0, 0.05) is 12.1 Å². The fourth-order valence-electron chi connectivity index (χ4n) is 2.34. The van der Waals surface area contributed by atoms with E-state index in [4.69, 9.17) is 4.74 Å². The number of ether oxygens (including phenoxy) is 1. The summed E-state index contributed by atoms with van der Waals surface area (Å²) in [5.74, 6) is 0.911. The number of amides is 1. The summed E-state index contributed by atoms with van der Waals surface area (Å²) in [6.07, 6.45) is 0. The summed E-state index contributed by atoms with van der Waals surface area (Å²) in [7, 11) is 0. The van der Waals surface area contributed by atoms with Gasteiger partial charge in [-0.25, -0.2) is 0 Å². The molecule has 4 nitrogen and oxygen atoms in total. The van der Waals surface area contributed by atoms with E-state index in [2.05, 4.69) is 10.6 Å². The Bertz CT molecular complexity index is 443. The number of carbonyl (C=O) groups excluding carboxylic acids is 1. The average Bonchev–Trinajstić information content (AvgIpc) is 2.56. The summed E-state index contributed by atoms with van der Waals surface area (Å²) in [4.78, 5) is 11.5. The minimum Gasteiger partial charge on any atom is -0.486 e. The van der Waals surface area contributed by atoms with Crippen molar-refractivity contribution in [1.82, 2.24) is 10.6 Å². The number of para-hydroxylation sites is 1. The largest absolute Gasteiger partial charge is 0.486 e. The smallest absolute Gasteiger partial charge is 0.233 e. The summed E-state index contributed by atoms with van der Waals surface area (Å²) >= 11 is 0. The lowest BCUT2D eigenvalue weighted by atomic mass is 9.94. The van der Waals surface area contributed by atoms with Gasteiger partial charge in [-0.15, -0.1) is 0 Å². The van der Waals surface area contributed by atoms with Crippen molar-refractivity contribution in [3.05, 3.63) is 29.8 Å². The van der Waals surface area contributed by atoms with Gasteiger partial charge in [0.15, 0.2) is 0 Å². The summed E-state index contributed by atoms with van der Waals surface area (Å²) in [5, 5.41) is 6.05. The lowest BCUT2D eigenvalue weighted by Gasteiger charge is -2.27. The van der Waals surface area contributed by atoms with Crippen molar-refractivity contribution < 1.29 is 9.53 Å². The van der Waals surface area contributed by atoms with Crippen molar-refractivity contribution in [3.8, 4) is 5.75 Å². The Morgan fingerprint density at radius 3 is 2.83 bits per heavy atom. The van der Waals surface area contributed by atoms with Crippen LogP contribution in [0, 0.1) is 0 Å². The van der Waals surface area contributed by atoms with Crippen LogP contribution in [0.2, 0.25) is 0 Å². The van der Waals surface area contributed by atoms with Crippen LogP contribution in [-0.4, -0.2) is 24.6 Å². The lowest BCUT2D eigenvalue weighted by molar-refractivity contribution is -0.120. The molecule has 2 N–H and O–H groups in total. The monoisotopic (exact) mass is 248 g/mol. The Balaban J connectivity index is 2.09. The van der Waals surface area contributed by atoms with Crippen LogP contribution in [0.25, 0.3) is 0 Å². The summed E-state index contributed by atoms with van der Waals surface area (Å²) in [6.45, 7) is 6.93. The molecule has 1 atom stereocenters. The van der Waals surface area contributed by atoms with E-state index in [1.807, 2.05) is 45.0 Å². The maximum atomic E-state index is 11.5. The zero-order valence-corrected chi connectivity index (χ0v) is 11.1. The molecule has 1 aliphatic heterocycles. The number of nitrogens with one attached hydrogen (secondary N) is 2. The van der Waals surface area contributed by atoms with Crippen LogP contribution in [0.15, 0.2) is 24.3 Å². The van der Waals surface area contributed by atoms with Gasteiger partial charge >= 0.3 is 0 Å². The molecule has 1 aliphatic rings. The Hall–Kier alpha value is -1.55. The van der Waals surface area contributed by atoms with Gasteiger partial charge in [-0.2, -0.15) is 0 Å². The van der Waals surface area contributed by atoms with Crippen molar-refractivity contribution in [1.29, 1.82) is 0 Å². The number of carbonyl (C=O) groups is 1. The van der Waals surface area contributed by atoms with Crippen molar-refractivity contribution in [2.24, 2.45) is 0 Å². The van der Waals surface area contributed by atoms with Gasteiger partial charge in [0.2, 0.25) is 5.91 Å². The van der Waals surface area contributed by atoms with Crippen LogP contribution in [0.3, 0.4) is 0 Å². The second kappa shape index (κ2) is 4.98. The summed E-state index contributed by atoms with van der Waals surface area (Å²) in [5.41, 5.74) is 0.780. The molecule has 2 rings (SSSR count). The molecule has 0 saturated carbocycles. The summed E-state index contributed by atoms with van der Waals surface area (Å²) < 4.78 is 5.90. The number of hydrogen-bond acceptors (Lipinski definition) is 3. The van der Waals surface area contributed by atoms with Crippen LogP contribution in [0.4, 0.5) is 0 Å². The minimum atomic E-state index is -0.337. The molecule has 0 saturated heterocycles. The maximum Gasteiger partial charge on any atom is 0.233 e. The normalized spacial score (nSPS) is 20.1. The fraction of sp³-hybridized carbons (Fsp3) is 0.500. The predicted octanol–water partition coefficient (Wildman–Crippen LogP) is 1.62. The van der Waals surface area contributed by atoms with Crippen molar-refractivity contribution in [2.45, 2.75) is 32.4 Å². The molecule has 0 spiro atoms. The molecule has 0 aliphatic carbocycles. The molecule has 1 aromatic carbocycles. The Morgan fingerprint density at radius 1 is 1.39 bits per heavy atom. The molecule has 18 heavy (non-hydrogen) atoms. The Labute approximate surface area is 108 Å². The second-order valence-corrected chi connectivity index (χ2v) is 5.01. The van der Waals surface area contributed by atoms with Gasteiger partial charge in [0.05, 0.1) is 12.6 Å². The molecule has 1 unspecified atom stereocenters. The highest BCUT2D eigenvalue weighted by molar-refractivity contribution is 5.78. The van der Waals surface area contributed by atoms with Crippen molar-refractivity contribution >= 4 is 5.91 Å². The number of hydrogen-bond donors (Lipinski definition) is 2. The van der Waals surface area contributed by atoms with E-state index in [-0.39, 0.29) is 17.6 Å². The second-order valence-electron chi connectivity index (χ2n) is 5.01. The number of benzene rings is 1. The molecule has 4 heteroatoms. The average molecular weight is 248 g/mol. The Morgan fingerprint density at radius 2 is 2.11 bits per heavy atom. The quantitative estimate of drug-likeness (QED) is 0.851. The first-order valence-corrected chi connectivity index (χ1v) is 6.32. The van der Waals surface area contributed by atoms with Crippen LogP contribution in [-0.2, 0) is 4.79 Å². The number of rotatable bonds is 4. The first-order valence-electron chi connectivity index (χ1n) is 6.32. The van der Waals surface area contributed by atoms with E-state index in [1.165, 1.54) is 0 Å².